The summed E-state index contributed by atoms with van der Waals surface area (Å²) in [6, 6.07) is 5.45. The Kier molecular flexibility index (Phi) is 5.30. The molecule has 142 valence electrons. The van der Waals surface area contributed by atoms with Crippen molar-refractivity contribution in [1.82, 2.24) is 4.90 Å². The average Bonchev–Trinajstić information content (AvgIpc) is 3.24. The summed E-state index contributed by atoms with van der Waals surface area (Å²) in [7, 11) is -3.90. The van der Waals surface area contributed by atoms with Crippen molar-refractivity contribution in [2.24, 2.45) is 0 Å². The summed E-state index contributed by atoms with van der Waals surface area (Å²) in [5, 5.41) is 9.53. The number of halogens is 1. The fourth-order valence-corrected chi connectivity index (χ4v) is 6.41. The molecule has 1 aromatic rings. The first-order valence-electron chi connectivity index (χ1n) is 8.81. The highest BCUT2D eigenvalue weighted by Gasteiger charge is 2.55. The molecule has 1 saturated heterocycles. The van der Waals surface area contributed by atoms with E-state index in [-0.39, 0.29) is 24.2 Å². The van der Waals surface area contributed by atoms with Crippen molar-refractivity contribution in [2.45, 2.75) is 60.6 Å². The van der Waals surface area contributed by atoms with Gasteiger partial charge in [-0.15, -0.1) is 0 Å². The largest absolute Gasteiger partial charge is 0.481 e. The first-order valence-corrected chi connectivity index (χ1v) is 10.7. The zero-order valence-electron chi connectivity index (χ0n) is 14.4. The number of hydrogen-bond donors (Lipinski definition) is 1. The minimum atomic E-state index is -3.90. The van der Waals surface area contributed by atoms with Gasteiger partial charge in [-0.05, 0) is 49.9 Å². The maximum absolute atomic E-state index is 13.4. The number of carbonyl (C=O) groups is 2. The summed E-state index contributed by atoms with van der Waals surface area (Å²) >= 11 is 5.86. The molecule has 8 heteroatoms. The van der Waals surface area contributed by atoms with Crippen molar-refractivity contribution in [3.8, 4) is 0 Å². The zero-order valence-corrected chi connectivity index (χ0v) is 15.9. The van der Waals surface area contributed by atoms with Gasteiger partial charge >= 0.3 is 5.97 Å². The van der Waals surface area contributed by atoms with E-state index >= 15 is 0 Å². The van der Waals surface area contributed by atoms with Crippen LogP contribution in [0.2, 0.25) is 5.02 Å². The molecule has 0 radical (unpaired) electrons. The molecular formula is C18H22ClNO5S. The third kappa shape index (κ3) is 3.22. The van der Waals surface area contributed by atoms with E-state index in [1.54, 1.807) is 0 Å². The second-order valence-electron chi connectivity index (χ2n) is 7.05. The number of amides is 1. The minimum absolute atomic E-state index is 0.0890. The molecule has 1 aliphatic carbocycles. The van der Waals surface area contributed by atoms with Crippen molar-refractivity contribution in [3.05, 3.63) is 29.3 Å². The molecule has 0 spiro atoms. The van der Waals surface area contributed by atoms with Crippen LogP contribution in [0.15, 0.2) is 29.2 Å². The second kappa shape index (κ2) is 7.19. The highest BCUT2D eigenvalue weighted by Crippen LogP contribution is 2.43. The predicted octanol–water partition coefficient (Wildman–Crippen LogP) is 2.89. The molecule has 1 aliphatic heterocycles. The molecule has 1 unspecified atom stereocenters. The summed E-state index contributed by atoms with van der Waals surface area (Å²) in [6.07, 6.45) is 3.00. The summed E-state index contributed by atoms with van der Waals surface area (Å²) in [4.78, 5) is 26.1. The monoisotopic (exact) mass is 399 g/mol. The topological polar surface area (TPSA) is 91.8 Å². The zero-order chi connectivity index (χ0) is 18.9. The third-order valence-electron chi connectivity index (χ3n) is 5.49. The first-order chi connectivity index (χ1) is 12.3. The molecule has 0 aromatic heterocycles. The number of hydrogen-bond acceptors (Lipinski definition) is 4. The van der Waals surface area contributed by atoms with Crippen LogP contribution in [0, 0.1) is 0 Å². The van der Waals surface area contributed by atoms with Crippen LogP contribution in [0.25, 0.3) is 0 Å². The van der Waals surface area contributed by atoms with E-state index in [1.807, 2.05) is 0 Å². The van der Waals surface area contributed by atoms with Crippen LogP contribution in [0.4, 0.5) is 0 Å². The maximum atomic E-state index is 13.4. The lowest BCUT2D eigenvalue weighted by Gasteiger charge is -2.34. The Labute approximate surface area is 158 Å². The van der Waals surface area contributed by atoms with Crippen LogP contribution in [-0.2, 0) is 19.4 Å². The van der Waals surface area contributed by atoms with Crippen LogP contribution in [0.3, 0.4) is 0 Å². The van der Waals surface area contributed by atoms with Gasteiger partial charge in [-0.25, -0.2) is 8.42 Å². The van der Waals surface area contributed by atoms with E-state index in [4.69, 9.17) is 16.7 Å². The summed E-state index contributed by atoms with van der Waals surface area (Å²) in [5.74, 6) is -1.41. The van der Waals surface area contributed by atoms with Gasteiger partial charge in [0, 0.05) is 17.6 Å². The van der Waals surface area contributed by atoms with Crippen molar-refractivity contribution >= 4 is 33.3 Å². The molecule has 2 aliphatic rings. The number of sulfone groups is 1. The van der Waals surface area contributed by atoms with Gasteiger partial charge in [-0.1, -0.05) is 24.4 Å². The molecule has 0 bridgehead atoms. The molecule has 1 amide bonds. The number of carboxylic acid groups (broad SMARTS) is 1. The summed E-state index contributed by atoms with van der Waals surface area (Å²) in [5.41, 5.74) is 0. The molecular weight excluding hydrogens is 378 g/mol. The van der Waals surface area contributed by atoms with Crippen LogP contribution < -0.4 is 0 Å². The lowest BCUT2D eigenvalue weighted by Crippen LogP contribution is -2.53. The van der Waals surface area contributed by atoms with Gasteiger partial charge in [0.1, 0.15) is 0 Å². The van der Waals surface area contributed by atoms with Crippen LogP contribution >= 0.6 is 11.6 Å². The number of carboxylic acids is 1. The van der Waals surface area contributed by atoms with E-state index in [1.165, 1.54) is 29.2 Å². The Balaban J connectivity index is 1.98. The third-order valence-corrected chi connectivity index (χ3v) is 8.24. The lowest BCUT2D eigenvalue weighted by molar-refractivity contribution is -0.140. The lowest BCUT2D eigenvalue weighted by atomic mass is 10.0. The first kappa shape index (κ1) is 19.2. The summed E-state index contributed by atoms with van der Waals surface area (Å²) in [6.45, 7) is 0.411. The fraction of sp³-hybridized carbons (Fsp3) is 0.556. The SMILES string of the molecule is O=C(O)CC1CCCN1C(=O)C1(S(=O)(=O)c2ccc(Cl)cc2)CCCC1. The Bertz CT molecular complexity index is 799. The molecule has 26 heavy (non-hydrogen) atoms. The number of carbonyl (C=O) groups excluding carboxylic acids is 1. The number of benzene rings is 1. The summed E-state index contributed by atoms with van der Waals surface area (Å²) < 4.78 is 25.3. The molecule has 1 saturated carbocycles. The molecule has 6 nitrogen and oxygen atoms in total. The molecule has 3 rings (SSSR count). The highest BCUT2D eigenvalue weighted by molar-refractivity contribution is 7.93. The van der Waals surface area contributed by atoms with E-state index in [0.29, 0.717) is 37.3 Å². The van der Waals surface area contributed by atoms with Crippen LogP contribution in [-0.4, -0.2) is 47.6 Å². The highest BCUT2D eigenvalue weighted by atomic mass is 35.5. The minimum Gasteiger partial charge on any atom is -0.481 e. The van der Waals surface area contributed by atoms with Gasteiger partial charge in [-0.3, -0.25) is 9.59 Å². The van der Waals surface area contributed by atoms with Crippen molar-refractivity contribution in [3.63, 3.8) is 0 Å². The second-order valence-corrected chi connectivity index (χ2v) is 9.75. The quantitative estimate of drug-likeness (QED) is 0.821. The van der Waals surface area contributed by atoms with Gasteiger partial charge in [0.15, 0.2) is 14.6 Å². The van der Waals surface area contributed by atoms with E-state index in [0.717, 1.165) is 0 Å². The Morgan fingerprint density at radius 3 is 2.35 bits per heavy atom. The molecule has 1 atom stereocenters. The molecule has 1 N–H and O–H groups in total. The maximum Gasteiger partial charge on any atom is 0.305 e. The van der Waals surface area contributed by atoms with Gasteiger partial charge in [0.05, 0.1) is 11.3 Å². The van der Waals surface area contributed by atoms with Gasteiger partial charge in [-0.2, -0.15) is 0 Å². The molecule has 2 fully saturated rings. The standard InChI is InChI=1S/C18H22ClNO5S/c19-13-5-7-15(8-6-13)26(24,25)18(9-1-2-10-18)17(23)20-11-3-4-14(20)12-16(21)22/h5-8,14H,1-4,9-12H2,(H,21,22). The molecule has 1 aromatic carbocycles. The predicted molar refractivity (Wildman–Crippen MR) is 96.8 cm³/mol. The van der Waals surface area contributed by atoms with Gasteiger partial charge in [0.25, 0.3) is 0 Å². The fourth-order valence-electron chi connectivity index (χ4n) is 4.16. The van der Waals surface area contributed by atoms with Gasteiger partial charge in [0.2, 0.25) is 5.91 Å². The van der Waals surface area contributed by atoms with E-state index < -0.39 is 32.5 Å². The number of likely N-dealkylation sites (tertiary alicyclic amines) is 1. The van der Waals surface area contributed by atoms with E-state index in [2.05, 4.69) is 0 Å². The van der Waals surface area contributed by atoms with E-state index in [9.17, 15) is 18.0 Å². The number of nitrogens with zero attached hydrogens (tertiary/aromatic N) is 1. The number of rotatable bonds is 5. The normalized spacial score (nSPS) is 22.5. The van der Waals surface area contributed by atoms with Crippen molar-refractivity contribution in [1.29, 1.82) is 0 Å². The Morgan fingerprint density at radius 2 is 1.77 bits per heavy atom. The van der Waals surface area contributed by atoms with Crippen molar-refractivity contribution < 1.29 is 23.1 Å². The van der Waals surface area contributed by atoms with Crippen LogP contribution in [0.1, 0.15) is 44.9 Å². The molecule has 1 heterocycles. The average molecular weight is 400 g/mol. The smallest absolute Gasteiger partial charge is 0.305 e. The Morgan fingerprint density at radius 1 is 1.15 bits per heavy atom. The Hall–Kier alpha value is -1.60. The van der Waals surface area contributed by atoms with Crippen molar-refractivity contribution in [2.75, 3.05) is 6.54 Å². The van der Waals surface area contributed by atoms with Gasteiger partial charge < -0.3 is 10.0 Å². The van der Waals surface area contributed by atoms with Crippen LogP contribution in [0.5, 0.6) is 0 Å². The number of aliphatic carboxylic acids is 1.